The van der Waals surface area contributed by atoms with Crippen molar-refractivity contribution in [3.8, 4) is 0 Å². The van der Waals surface area contributed by atoms with Crippen LogP contribution in [0, 0.1) is 0 Å². The molecule has 31 heavy (non-hydrogen) atoms. The molecule has 9 heteroatoms. The van der Waals surface area contributed by atoms with Crippen LogP contribution in [0.2, 0.25) is 0 Å². The van der Waals surface area contributed by atoms with Crippen molar-refractivity contribution < 1.29 is 27.6 Å². The maximum atomic E-state index is 12.8. The average Bonchev–Trinajstić information content (AvgIpc) is 3.30. The van der Waals surface area contributed by atoms with Gasteiger partial charge in [0.15, 0.2) is 0 Å². The lowest BCUT2D eigenvalue weighted by Gasteiger charge is -2.15. The molecule has 158 valence electrons. The van der Waals surface area contributed by atoms with Crippen LogP contribution >= 0.6 is 0 Å². The first kappa shape index (κ1) is 21.8. The van der Waals surface area contributed by atoms with E-state index in [1.165, 1.54) is 48.5 Å². The summed E-state index contributed by atoms with van der Waals surface area (Å²) in [6, 6.07) is 10.7. The standard InChI is InChI=1S/C20H12N2O6S.C2H6/c23-17-9-10-18(24)21(17)13-1-5-15(6-2-13)29(27,28)16-7-3-14(4-8-16)22-19(25)11-12-20(22)26;1-2/h1-12H;1-2H3. The monoisotopic (exact) mass is 438 g/mol. The van der Waals surface area contributed by atoms with Gasteiger partial charge in [-0.25, -0.2) is 18.2 Å². The van der Waals surface area contributed by atoms with Crippen LogP contribution in [-0.4, -0.2) is 32.0 Å². The fraction of sp³-hybridized carbons (Fsp3) is 0.0909. The van der Waals surface area contributed by atoms with Gasteiger partial charge < -0.3 is 0 Å². The Morgan fingerprint density at radius 2 is 0.774 bits per heavy atom. The second-order valence-electron chi connectivity index (χ2n) is 6.18. The molecule has 4 rings (SSSR count). The zero-order valence-corrected chi connectivity index (χ0v) is 17.5. The fourth-order valence-corrected chi connectivity index (χ4v) is 4.26. The number of carbonyl (C=O) groups excluding carboxylic acids is 4. The number of hydrogen-bond acceptors (Lipinski definition) is 6. The number of carbonyl (C=O) groups is 4. The number of benzene rings is 2. The maximum absolute atomic E-state index is 12.8. The van der Waals surface area contributed by atoms with Crippen LogP contribution in [0.1, 0.15) is 13.8 Å². The second-order valence-corrected chi connectivity index (χ2v) is 8.13. The molecule has 0 N–H and O–H groups in total. The molecule has 2 aromatic rings. The molecule has 2 aromatic carbocycles. The van der Waals surface area contributed by atoms with Gasteiger partial charge in [0.05, 0.1) is 21.2 Å². The molecular weight excluding hydrogens is 420 g/mol. The number of sulfone groups is 1. The highest BCUT2D eigenvalue weighted by Gasteiger charge is 2.27. The summed E-state index contributed by atoms with van der Waals surface area (Å²) in [5, 5.41) is 0. The summed E-state index contributed by atoms with van der Waals surface area (Å²) in [7, 11) is -3.88. The van der Waals surface area contributed by atoms with Crippen LogP contribution in [-0.2, 0) is 29.0 Å². The van der Waals surface area contributed by atoms with Crippen LogP contribution < -0.4 is 9.80 Å². The molecule has 0 spiro atoms. The van der Waals surface area contributed by atoms with E-state index in [1.54, 1.807) is 0 Å². The molecule has 4 amide bonds. The highest BCUT2D eigenvalue weighted by atomic mass is 32.2. The van der Waals surface area contributed by atoms with Gasteiger partial charge in [0.2, 0.25) is 9.84 Å². The topological polar surface area (TPSA) is 109 Å². The van der Waals surface area contributed by atoms with Gasteiger partial charge >= 0.3 is 0 Å². The van der Waals surface area contributed by atoms with Crippen LogP contribution in [0.15, 0.2) is 82.6 Å². The van der Waals surface area contributed by atoms with E-state index in [2.05, 4.69) is 0 Å². The highest BCUT2D eigenvalue weighted by molar-refractivity contribution is 7.91. The Kier molecular flexibility index (Phi) is 5.98. The molecule has 0 saturated carbocycles. The number of rotatable bonds is 4. The summed E-state index contributed by atoms with van der Waals surface area (Å²) in [5.74, 6) is -1.99. The molecule has 2 heterocycles. The highest BCUT2D eigenvalue weighted by Crippen LogP contribution is 2.27. The van der Waals surface area contributed by atoms with E-state index >= 15 is 0 Å². The van der Waals surface area contributed by atoms with E-state index in [9.17, 15) is 27.6 Å². The second kappa shape index (κ2) is 8.49. The predicted octanol–water partition coefficient (Wildman–Crippen LogP) is 2.40. The lowest BCUT2D eigenvalue weighted by Crippen LogP contribution is -2.29. The summed E-state index contributed by atoms with van der Waals surface area (Å²) in [6.07, 6.45) is 4.56. The van der Waals surface area contributed by atoms with Crippen molar-refractivity contribution in [2.45, 2.75) is 23.6 Å². The van der Waals surface area contributed by atoms with Gasteiger partial charge in [0.25, 0.3) is 23.6 Å². The van der Waals surface area contributed by atoms with Gasteiger partial charge in [-0.05, 0) is 48.5 Å². The summed E-state index contributed by atoms with van der Waals surface area (Å²) in [5.41, 5.74) is 0.524. The number of nitrogens with zero attached hydrogens (tertiary/aromatic N) is 2. The van der Waals surface area contributed by atoms with E-state index in [1.807, 2.05) is 13.8 Å². The van der Waals surface area contributed by atoms with E-state index < -0.39 is 33.5 Å². The van der Waals surface area contributed by atoms with Crippen molar-refractivity contribution in [2.75, 3.05) is 9.80 Å². The molecule has 0 bridgehead atoms. The summed E-state index contributed by atoms with van der Waals surface area (Å²) in [6.45, 7) is 4.00. The van der Waals surface area contributed by atoms with Gasteiger partial charge in [0.1, 0.15) is 0 Å². The van der Waals surface area contributed by atoms with Gasteiger partial charge in [0, 0.05) is 24.3 Å². The molecule has 0 aliphatic carbocycles. The Bertz CT molecular complexity index is 1100. The summed E-state index contributed by atoms with van der Waals surface area (Å²) >= 11 is 0. The number of anilines is 2. The molecule has 8 nitrogen and oxygen atoms in total. The molecule has 0 unspecified atom stereocenters. The molecule has 2 aliphatic heterocycles. The van der Waals surface area contributed by atoms with Crippen molar-refractivity contribution in [1.82, 2.24) is 0 Å². The van der Waals surface area contributed by atoms with Crippen LogP contribution in [0.5, 0.6) is 0 Å². The number of imide groups is 2. The first-order valence-electron chi connectivity index (χ1n) is 9.36. The van der Waals surface area contributed by atoms with E-state index in [0.717, 1.165) is 34.1 Å². The minimum atomic E-state index is -3.88. The third kappa shape index (κ3) is 3.95. The van der Waals surface area contributed by atoms with Crippen molar-refractivity contribution in [2.24, 2.45) is 0 Å². The summed E-state index contributed by atoms with van der Waals surface area (Å²) < 4.78 is 25.7. The minimum Gasteiger partial charge on any atom is -0.269 e. The van der Waals surface area contributed by atoms with Gasteiger partial charge in [-0.3, -0.25) is 19.2 Å². The van der Waals surface area contributed by atoms with Crippen molar-refractivity contribution >= 4 is 44.8 Å². The molecule has 0 atom stereocenters. The van der Waals surface area contributed by atoms with Crippen molar-refractivity contribution in [3.63, 3.8) is 0 Å². The Balaban J connectivity index is 0.00000132. The van der Waals surface area contributed by atoms with Gasteiger partial charge in [-0.1, -0.05) is 13.8 Å². The smallest absolute Gasteiger partial charge is 0.258 e. The predicted molar refractivity (Wildman–Crippen MR) is 113 cm³/mol. The molecule has 2 aliphatic rings. The average molecular weight is 438 g/mol. The molecule has 0 saturated heterocycles. The normalized spacial score (nSPS) is 15.5. The van der Waals surface area contributed by atoms with Gasteiger partial charge in [-0.2, -0.15) is 0 Å². The maximum Gasteiger partial charge on any atom is 0.258 e. The van der Waals surface area contributed by atoms with Crippen LogP contribution in [0.3, 0.4) is 0 Å². The Labute approximate surface area is 179 Å². The Hall–Kier alpha value is -3.85. The Morgan fingerprint density at radius 1 is 0.516 bits per heavy atom. The van der Waals surface area contributed by atoms with Crippen LogP contribution in [0.4, 0.5) is 11.4 Å². The van der Waals surface area contributed by atoms with Gasteiger partial charge in [-0.15, -0.1) is 0 Å². The SMILES string of the molecule is CC.O=C1C=CC(=O)N1c1ccc(S(=O)(=O)c2ccc(N3C(=O)C=CC3=O)cc2)cc1. The Morgan fingerprint density at radius 3 is 1.03 bits per heavy atom. The number of amides is 4. The zero-order chi connectivity index (χ0) is 22.8. The minimum absolute atomic E-state index is 0.0314. The first-order valence-corrected chi connectivity index (χ1v) is 10.8. The van der Waals surface area contributed by atoms with Crippen molar-refractivity contribution in [3.05, 3.63) is 72.8 Å². The quantitative estimate of drug-likeness (QED) is 0.678. The molecule has 0 aromatic heterocycles. The third-order valence-corrected chi connectivity index (χ3v) is 6.21. The first-order chi connectivity index (χ1) is 14.8. The zero-order valence-electron chi connectivity index (χ0n) is 16.7. The third-order valence-electron chi connectivity index (χ3n) is 4.43. The fourth-order valence-electron chi connectivity index (χ4n) is 2.99. The van der Waals surface area contributed by atoms with E-state index in [4.69, 9.17) is 0 Å². The van der Waals surface area contributed by atoms with E-state index in [0.29, 0.717) is 0 Å². The largest absolute Gasteiger partial charge is 0.269 e. The summed E-state index contributed by atoms with van der Waals surface area (Å²) in [4.78, 5) is 48.7. The molecular formula is C22H18N2O6S. The lowest BCUT2D eigenvalue weighted by atomic mass is 10.3. The lowest BCUT2D eigenvalue weighted by molar-refractivity contribution is -0.121. The van der Waals surface area contributed by atoms with Crippen molar-refractivity contribution in [1.29, 1.82) is 0 Å². The number of hydrogen-bond donors (Lipinski definition) is 0. The molecule has 0 fully saturated rings. The molecule has 0 radical (unpaired) electrons. The van der Waals surface area contributed by atoms with Crippen LogP contribution in [0.25, 0.3) is 0 Å². The van der Waals surface area contributed by atoms with E-state index in [-0.39, 0.29) is 21.2 Å².